The summed E-state index contributed by atoms with van der Waals surface area (Å²) in [6, 6.07) is 3.23. The molecule has 0 aliphatic carbocycles. The van der Waals surface area contributed by atoms with Crippen LogP contribution in [0.5, 0.6) is 0 Å². The highest BCUT2D eigenvalue weighted by atomic mass is 79.9. The van der Waals surface area contributed by atoms with Crippen LogP contribution < -0.4 is 10.0 Å². The maximum Gasteiger partial charge on any atom is 0.269 e. The number of aromatic nitrogens is 1. The second-order valence-corrected chi connectivity index (χ2v) is 6.10. The zero-order chi connectivity index (χ0) is 12.9. The Morgan fingerprint density at radius 1 is 1.47 bits per heavy atom. The Hall–Kier alpha value is -0.990. The topological polar surface area (TPSA) is 88.2 Å². The molecule has 2 N–H and O–H groups in total. The van der Waals surface area contributed by atoms with Crippen LogP contribution in [0.15, 0.2) is 22.8 Å². The van der Waals surface area contributed by atoms with Crippen molar-refractivity contribution in [2.45, 2.75) is 0 Å². The van der Waals surface area contributed by atoms with Gasteiger partial charge in [0.25, 0.3) is 5.91 Å². The van der Waals surface area contributed by atoms with Crippen molar-refractivity contribution in [1.82, 2.24) is 15.0 Å². The number of hydrogen-bond donors (Lipinski definition) is 2. The predicted octanol–water partition coefficient (Wildman–Crippen LogP) is 0.123. The number of halogens is 1. The lowest BCUT2D eigenvalue weighted by Crippen LogP contribution is -2.33. The van der Waals surface area contributed by atoms with E-state index < -0.39 is 15.9 Å². The van der Waals surface area contributed by atoms with Gasteiger partial charge >= 0.3 is 0 Å². The molecular weight excluding hydrogens is 310 g/mol. The van der Waals surface area contributed by atoms with Crippen LogP contribution in [-0.4, -0.2) is 38.7 Å². The number of nitrogens with one attached hydrogen (secondary N) is 2. The predicted molar refractivity (Wildman–Crippen MR) is 67.1 cm³/mol. The first-order chi connectivity index (χ1) is 7.94. The van der Waals surface area contributed by atoms with Crippen LogP contribution in [-0.2, 0) is 10.0 Å². The number of hydrogen-bond acceptors (Lipinski definition) is 4. The number of carbonyl (C=O) groups is 1. The largest absolute Gasteiger partial charge is 0.350 e. The van der Waals surface area contributed by atoms with Crippen LogP contribution in [0.2, 0.25) is 0 Å². The zero-order valence-electron chi connectivity index (χ0n) is 9.10. The quantitative estimate of drug-likeness (QED) is 0.806. The summed E-state index contributed by atoms with van der Waals surface area (Å²) >= 11 is 3.20. The van der Waals surface area contributed by atoms with Crippen molar-refractivity contribution in [3.63, 3.8) is 0 Å². The van der Waals surface area contributed by atoms with Gasteiger partial charge in [0.2, 0.25) is 10.0 Å². The van der Waals surface area contributed by atoms with Crippen molar-refractivity contribution in [2.24, 2.45) is 0 Å². The highest BCUT2D eigenvalue weighted by Crippen LogP contribution is 2.07. The average molecular weight is 322 g/mol. The van der Waals surface area contributed by atoms with Gasteiger partial charge in [0.1, 0.15) is 5.69 Å². The molecule has 1 rings (SSSR count). The molecule has 1 aromatic heterocycles. The van der Waals surface area contributed by atoms with Gasteiger partial charge in [0, 0.05) is 17.2 Å². The van der Waals surface area contributed by atoms with E-state index in [4.69, 9.17) is 0 Å². The van der Waals surface area contributed by atoms with E-state index in [9.17, 15) is 13.2 Å². The first kappa shape index (κ1) is 14.1. The number of pyridine rings is 1. The minimum Gasteiger partial charge on any atom is -0.350 e. The summed E-state index contributed by atoms with van der Waals surface area (Å²) in [4.78, 5) is 15.4. The maximum atomic E-state index is 11.5. The van der Waals surface area contributed by atoms with E-state index in [1.807, 2.05) is 0 Å². The molecule has 0 atom stereocenters. The van der Waals surface area contributed by atoms with E-state index in [0.29, 0.717) is 0 Å². The summed E-state index contributed by atoms with van der Waals surface area (Å²) in [7, 11) is -1.97. The SMILES string of the molecule is CNS(=O)(=O)CCNC(=O)c1ccc(Br)cn1. The summed E-state index contributed by atoms with van der Waals surface area (Å²) in [6.07, 6.45) is 1.50. The zero-order valence-corrected chi connectivity index (χ0v) is 11.5. The van der Waals surface area contributed by atoms with Crippen molar-refractivity contribution in [2.75, 3.05) is 19.3 Å². The lowest BCUT2D eigenvalue weighted by Gasteiger charge is -2.05. The maximum absolute atomic E-state index is 11.5. The first-order valence-corrected chi connectivity index (χ1v) is 7.20. The van der Waals surface area contributed by atoms with E-state index in [-0.39, 0.29) is 18.0 Å². The van der Waals surface area contributed by atoms with Crippen molar-refractivity contribution >= 4 is 31.9 Å². The van der Waals surface area contributed by atoms with Gasteiger partial charge in [-0.25, -0.2) is 18.1 Å². The van der Waals surface area contributed by atoms with Crippen LogP contribution >= 0.6 is 15.9 Å². The normalized spacial score (nSPS) is 11.2. The molecule has 0 saturated carbocycles. The van der Waals surface area contributed by atoms with Crippen molar-refractivity contribution in [1.29, 1.82) is 0 Å². The van der Waals surface area contributed by atoms with Crippen LogP contribution in [0.1, 0.15) is 10.5 Å². The molecule has 0 aliphatic heterocycles. The third kappa shape index (κ3) is 4.80. The average Bonchev–Trinajstić information content (AvgIpc) is 2.29. The van der Waals surface area contributed by atoms with Crippen LogP contribution in [0.3, 0.4) is 0 Å². The monoisotopic (exact) mass is 321 g/mol. The Bertz CT molecular complexity index is 487. The van der Waals surface area contributed by atoms with Crippen LogP contribution in [0, 0.1) is 0 Å². The Kier molecular flexibility index (Phi) is 5.03. The molecule has 6 nitrogen and oxygen atoms in total. The fraction of sp³-hybridized carbons (Fsp3) is 0.333. The van der Waals surface area contributed by atoms with Crippen LogP contribution in [0.4, 0.5) is 0 Å². The van der Waals surface area contributed by atoms with Gasteiger partial charge in [-0.05, 0) is 35.1 Å². The smallest absolute Gasteiger partial charge is 0.269 e. The van der Waals surface area contributed by atoms with E-state index in [1.54, 1.807) is 12.1 Å². The van der Waals surface area contributed by atoms with Crippen molar-refractivity contribution < 1.29 is 13.2 Å². The van der Waals surface area contributed by atoms with Gasteiger partial charge in [0.15, 0.2) is 0 Å². The third-order valence-corrected chi connectivity index (χ3v) is 3.76. The second kappa shape index (κ2) is 6.08. The van der Waals surface area contributed by atoms with Gasteiger partial charge in [-0.3, -0.25) is 4.79 Å². The molecule has 0 aliphatic rings. The molecule has 0 spiro atoms. The molecule has 0 bridgehead atoms. The molecule has 17 heavy (non-hydrogen) atoms. The summed E-state index contributed by atoms with van der Waals surface area (Å²) in [6.45, 7) is 0.0414. The van der Waals surface area contributed by atoms with Gasteiger partial charge in [0.05, 0.1) is 5.75 Å². The summed E-state index contributed by atoms with van der Waals surface area (Å²) < 4.78 is 25.1. The van der Waals surface area contributed by atoms with Gasteiger partial charge in [-0.15, -0.1) is 0 Å². The van der Waals surface area contributed by atoms with E-state index in [0.717, 1.165) is 4.47 Å². The Morgan fingerprint density at radius 2 is 2.18 bits per heavy atom. The highest BCUT2D eigenvalue weighted by Gasteiger charge is 2.10. The fourth-order valence-electron chi connectivity index (χ4n) is 1.00. The Morgan fingerprint density at radius 3 is 2.71 bits per heavy atom. The lowest BCUT2D eigenvalue weighted by molar-refractivity contribution is 0.0951. The van der Waals surface area contributed by atoms with E-state index >= 15 is 0 Å². The molecule has 94 valence electrons. The van der Waals surface area contributed by atoms with Gasteiger partial charge in [-0.2, -0.15) is 0 Å². The van der Waals surface area contributed by atoms with E-state index in [1.165, 1.54) is 13.2 Å². The molecule has 0 aromatic carbocycles. The second-order valence-electron chi connectivity index (χ2n) is 3.14. The van der Waals surface area contributed by atoms with Crippen molar-refractivity contribution in [3.8, 4) is 0 Å². The molecule has 0 radical (unpaired) electrons. The fourth-order valence-corrected chi connectivity index (χ4v) is 1.81. The number of carbonyl (C=O) groups excluding carboxylic acids is 1. The molecule has 8 heteroatoms. The first-order valence-electron chi connectivity index (χ1n) is 4.75. The standard InChI is InChI=1S/C9H12BrN3O3S/c1-11-17(15,16)5-4-12-9(14)8-3-2-7(10)6-13-8/h2-3,6,11H,4-5H2,1H3,(H,12,14). The van der Waals surface area contributed by atoms with Gasteiger partial charge in [-0.1, -0.05) is 0 Å². The van der Waals surface area contributed by atoms with Crippen molar-refractivity contribution in [3.05, 3.63) is 28.5 Å². The number of rotatable bonds is 5. The summed E-state index contributed by atoms with van der Waals surface area (Å²) in [5.41, 5.74) is 0.245. The minimum atomic E-state index is -3.30. The van der Waals surface area contributed by atoms with Crippen LogP contribution in [0.25, 0.3) is 0 Å². The summed E-state index contributed by atoms with van der Waals surface area (Å²) in [5.74, 6) is -0.560. The minimum absolute atomic E-state index is 0.0414. The Balaban J connectivity index is 2.48. The third-order valence-electron chi connectivity index (χ3n) is 1.93. The number of amides is 1. The van der Waals surface area contributed by atoms with Gasteiger partial charge < -0.3 is 5.32 Å². The lowest BCUT2D eigenvalue weighted by atomic mass is 10.3. The highest BCUT2D eigenvalue weighted by molar-refractivity contribution is 9.10. The molecular formula is C9H12BrN3O3S. The number of sulfonamides is 1. The molecule has 0 fully saturated rings. The Labute approximate surface area is 108 Å². The molecule has 1 heterocycles. The molecule has 0 unspecified atom stereocenters. The molecule has 1 aromatic rings. The molecule has 1 amide bonds. The van der Waals surface area contributed by atoms with E-state index in [2.05, 4.69) is 31.0 Å². The summed E-state index contributed by atoms with van der Waals surface area (Å²) in [5, 5.41) is 2.47. The number of nitrogens with zero attached hydrogens (tertiary/aromatic N) is 1. The molecule has 0 saturated heterocycles.